The van der Waals surface area contributed by atoms with Crippen molar-refractivity contribution in [3.05, 3.63) is 76.9 Å². The van der Waals surface area contributed by atoms with Gasteiger partial charge in [0.05, 0.1) is 11.5 Å². The van der Waals surface area contributed by atoms with Crippen LogP contribution >= 0.6 is 0 Å². The van der Waals surface area contributed by atoms with Gasteiger partial charge in [-0.05, 0) is 118 Å². The molecule has 1 nitrogen and oxygen atoms in total. The van der Waals surface area contributed by atoms with E-state index in [0.717, 1.165) is 37.1 Å². The van der Waals surface area contributed by atoms with Crippen LogP contribution in [0, 0.1) is 36.3 Å². The molecule has 2 aliphatic rings. The van der Waals surface area contributed by atoms with Crippen molar-refractivity contribution in [3.8, 4) is 5.75 Å². The average molecular weight is 529 g/mol. The van der Waals surface area contributed by atoms with Crippen molar-refractivity contribution in [2.75, 3.05) is 0 Å². The average Bonchev–Trinajstić information content (AvgIpc) is 2.83. The molecule has 0 radical (unpaired) electrons. The largest absolute Gasteiger partial charge is 0.432 e. The van der Waals surface area contributed by atoms with E-state index in [9.17, 15) is 30.7 Å². The highest BCUT2D eigenvalue weighted by atomic mass is 19.4. The quantitative estimate of drug-likeness (QED) is 0.268. The zero-order chi connectivity index (χ0) is 26.8. The fourth-order valence-electron chi connectivity index (χ4n) is 5.62. The topological polar surface area (TPSA) is 9.23 Å². The van der Waals surface area contributed by atoms with Gasteiger partial charge < -0.3 is 4.74 Å². The maximum atomic E-state index is 14.7. The highest BCUT2D eigenvalue weighted by Gasteiger charge is 2.44. The van der Waals surface area contributed by atoms with Gasteiger partial charge in [-0.3, -0.25) is 0 Å². The summed E-state index contributed by atoms with van der Waals surface area (Å²) in [6, 6.07) is 6.04. The summed E-state index contributed by atoms with van der Waals surface area (Å²) in [5, 5.41) is 0. The Labute approximate surface area is 212 Å². The number of ether oxygens (including phenoxy) is 1. The Bertz CT molecular complexity index is 1050. The van der Waals surface area contributed by atoms with Gasteiger partial charge in [0.2, 0.25) is 0 Å². The molecular weight excluding hydrogens is 497 g/mol. The van der Waals surface area contributed by atoms with Crippen LogP contribution < -0.4 is 4.74 Å². The summed E-state index contributed by atoms with van der Waals surface area (Å²) in [7, 11) is 0. The molecule has 0 bridgehead atoms. The fourth-order valence-corrected chi connectivity index (χ4v) is 5.62. The van der Waals surface area contributed by atoms with E-state index < -0.39 is 35.4 Å². The minimum atomic E-state index is -4.54. The van der Waals surface area contributed by atoms with Crippen molar-refractivity contribution in [1.82, 2.24) is 0 Å². The molecule has 0 aromatic heterocycles. The molecule has 8 heteroatoms. The Morgan fingerprint density at radius 3 is 1.70 bits per heavy atom. The molecule has 37 heavy (non-hydrogen) atoms. The van der Waals surface area contributed by atoms with Gasteiger partial charge in [0.25, 0.3) is 0 Å². The van der Waals surface area contributed by atoms with Crippen molar-refractivity contribution < 1.29 is 35.5 Å². The third-order valence-corrected chi connectivity index (χ3v) is 7.74. The molecule has 0 saturated heterocycles. The van der Waals surface area contributed by atoms with E-state index in [2.05, 4.69) is 12.2 Å². The van der Waals surface area contributed by atoms with Crippen LogP contribution in [0.3, 0.4) is 0 Å². The number of hydrogen-bond donors (Lipinski definition) is 0. The number of alkyl halides is 5. The Morgan fingerprint density at radius 2 is 1.22 bits per heavy atom. The molecule has 202 valence electrons. The molecule has 2 aromatic rings. The molecule has 0 N–H and O–H groups in total. The first-order chi connectivity index (χ1) is 17.4. The van der Waals surface area contributed by atoms with Gasteiger partial charge >= 0.3 is 12.3 Å². The lowest BCUT2D eigenvalue weighted by molar-refractivity contribution is -0.223. The number of rotatable bonds is 6. The summed E-state index contributed by atoms with van der Waals surface area (Å²) in [4.78, 5) is 0. The zero-order valence-electron chi connectivity index (χ0n) is 20.6. The van der Waals surface area contributed by atoms with E-state index in [4.69, 9.17) is 4.74 Å². The molecule has 0 unspecified atom stereocenters. The van der Waals surface area contributed by atoms with Crippen LogP contribution in [0.2, 0.25) is 0 Å². The van der Waals surface area contributed by atoms with E-state index in [1.54, 1.807) is 6.92 Å². The molecule has 2 aliphatic carbocycles. The first kappa shape index (κ1) is 27.5. The van der Waals surface area contributed by atoms with Crippen LogP contribution in [0.5, 0.6) is 5.75 Å². The molecule has 0 heterocycles. The number of benzene rings is 2. The molecule has 0 aliphatic heterocycles. The van der Waals surface area contributed by atoms with Crippen LogP contribution in [0.4, 0.5) is 30.7 Å². The number of halogens is 7. The Morgan fingerprint density at radius 1 is 0.730 bits per heavy atom. The number of allylic oxidation sites excluding steroid dienone is 2. The normalized spacial score (nSPS) is 25.4. The van der Waals surface area contributed by atoms with Gasteiger partial charge in [0, 0.05) is 5.56 Å². The van der Waals surface area contributed by atoms with Crippen molar-refractivity contribution in [1.29, 1.82) is 0 Å². The molecule has 2 saturated carbocycles. The number of hydrogen-bond acceptors (Lipinski definition) is 1. The van der Waals surface area contributed by atoms with Crippen LogP contribution in [-0.2, 0) is 6.18 Å². The van der Waals surface area contributed by atoms with Gasteiger partial charge in [-0.1, -0.05) is 12.2 Å². The Kier molecular flexibility index (Phi) is 8.24. The summed E-state index contributed by atoms with van der Waals surface area (Å²) in [6.45, 7) is 1.67. The summed E-state index contributed by atoms with van der Waals surface area (Å²) in [5.41, 5.74) is -0.168. The van der Waals surface area contributed by atoms with Gasteiger partial charge in [0.1, 0.15) is 17.4 Å². The van der Waals surface area contributed by atoms with Gasteiger partial charge in [-0.15, -0.1) is 0 Å². The van der Waals surface area contributed by atoms with Gasteiger partial charge in [0.15, 0.2) is 0 Å². The van der Waals surface area contributed by atoms with E-state index in [1.807, 2.05) is 0 Å². The van der Waals surface area contributed by atoms with Crippen molar-refractivity contribution in [3.63, 3.8) is 0 Å². The standard InChI is InChI=1S/C29H31F7O/c1-18-16-25(30)27(26(31)17-18)21-8-4-19(5-9-21)2-3-20-6-10-23(11-7-20)29(35,36)37-24-14-12-22(13-15-24)28(32,33)34/h2-3,12-17,19-21,23H,4-11H2,1H3/b3-2+. The molecule has 0 amide bonds. The van der Waals surface area contributed by atoms with Crippen molar-refractivity contribution in [2.24, 2.45) is 17.8 Å². The van der Waals surface area contributed by atoms with E-state index in [1.165, 1.54) is 12.1 Å². The molecule has 0 spiro atoms. The second kappa shape index (κ2) is 11.1. The first-order valence-corrected chi connectivity index (χ1v) is 12.8. The minimum Gasteiger partial charge on any atom is -0.432 e. The van der Waals surface area contributed by atoms with Crippen molar-refractivity contribution >= 4 is 0 Å². The van der Waals surface area contributed by atoms with Crippen LogP contribution in [-0.4, -0.2) is 6.11 Å². The highest BCUT2D eigenvalue weighted by Crippen LogP contribution is 2.42. The van der Waals surface area contributed by atoms with Crippen LogP contribution in [0.25, 0.3) is 0 Å². The Balaban J connectivity index is 1.24. The highest BCUT2D eigenvalue weighted by molar-refractivity contribution is 5.30. The van der Waals surface area contributed by atoms with Crippen molar-refractivity contribution in [2.45, 2.75) is 76.5 Å². The SMILES string of the molecule is Cc1cc(F)c(C2CCC(/C=C/C3CCC(C(F)(F)Oc4ccc(C(F)(F)F)cc4)CC3)CC2)c(F)c1. The lowest BCUT2D eigenvalue weighted by atomic mass is 9.77. The molecule has 0 atom stereocenters. The van der Waals surface area contributed by atoms with Crippen LogP contribution in [0.15, 0.2) is 48.6 Å². The molecule has 4 rings (SSSR count). The summed E-state index contributed by atoms with van der Waals surface area (Å²) in [5.74, 6) is -1.92. The second-order valence-electron chi connectivity index (χ2n) is 10.4. The zero-order valence-corrected chi connectivity index (χ0v) is 20.6. The first-order valence-electron chi connectivity index (χ1n) is 12.8. The third kappa shape index (κ3) is 6.88. The van der Waals surface area contributed by atoms with Gasteiger partial charge in [-0.25, -0.2) is 8.78 Å². The number of aryl methyl sites for hydroxylation is 1. The smallest absolute Gasteiger partial charge is 0.416 e. The Hall–Kier alpha value is -2.51. The second-order valence-corrected chi connectivity index (χ2v) is 10.4. The molecule has 2 fully saturated rings. The summed E-state index contributed by atoms with van der Waals surface area (Å²) >= 11 is 0. The molecule has 2 aromatic carbocycles. The third-order valence-electron chi connectivity index (χ3n) is 7.74. The monoisotopic (exact) mass is 528 g/mol. The lowest BCUT2D eigenvalue weighted by Crippen LogP contribution is -2.37. The van der Waals surface area contributed by atoms with E-state index in [0.29, 0.717) is 37.2 Å². The van der Waals surface area contributed by atoms with Crippen LogP contribution in [0.1, 0.15) is 74.0 Å². The maximum Gasteiger partial charge on any atom is 0.416 e. The fraction of sp³-hybridized carbons (Fsp3) is 0.517. The lowest BCUT2D eigenvalue weighted by Gasteiger charge is -2.33. The van der Waals surface area contributed by atoms with E-state index in [-0.39, 0.29) is 36.0 Å². The van der Waals surface area contributed by atoms with Gasteiger partial charge in [-0.2, -0.15) is 22.0 Å². The molecular formula is C29H31F7O. The summed E-state index contributed by atoms with van der Waals surface area (Å²) in [6.07, 6.45) is 0.899. The summed E-state index contributed by atoms with van der Waals surface area (Å²) < 4.78 is 101. The predicted octanol–water partition coefficient (Wildman–Crippen LogP) is 9.60. The predicted molar refractivity (Wildman–Crippen MR) is 127 cm³/mol. The minimum absolute atomic E-state index is 0.132. The van der Waals surface area contributed by atoms with E-state index >= 15 is 0 Å². The maximum absolute atomic E-state index is 14.7.